The van der Waals surface area contributed by atoms with Gasteiger partial charge in [0.2, 0.25) is 0 Å². The van der Waals surface area contributed by atoms with Gasteiger partial charge in [0.1, 0.15) is 5.78 Å². The molecule has 1 saturated carbocycles. The summed E-state index contributed by atoms with van der Waals surface area (Å²) in [5.74, 6) is 1.84. The lowest BCUT2D eigenvalue weighted by Gasteiger charge is -2.26. The molecule has 2 heteroatoms. The van der Waals surface area contributed by atoms with Gasteiger partial charge in [0.25, 0.3) is 0 Å². The van der Waals surface area contributed by atoms with Crippen LogP contribution in [0.4, 0.5) is 0 Å². The molecule has 3 unspecified atom stereocenters. The van der Waals surface area contributed by atoms with Crippen molar-refractivity contribution in [3.05, 3.63) is 0 Å². The van der Waals surface area contributed by atoms with Crippen molar-refractivity contribution in [2.45, 2.75) is 51.5 Å². The van der Waals surface area contributed by atoms with E-state index in [1.54, 1.807) is 6.92 Å². The molecule has 0 spiro atoms. The largest absolute Gasteiger partial charge is 0.298 e. The maximum Gasteiger partial charge on any atom is 0.147 e. The van der Waals surface area contributed by atoms with Gasteiger partial charge in [-0.05, 0) is 38.6 Å². The first kappa shape index (κ1) is 11.1. The number of likely N-dealkylation sites (N-methyl/N-ethyl adjacent to an activating group) is 1. The molecule has 1 aliphatic heterocycles. The molecule has 1 saturated heterocycles. The van der Waals surface area contributed by atoms with E-state index in [4.69, 9.17) is 0 Å². The zero-order valence-corrected chi connectivity index (χ0v) is 10.0. The standard InChI is InChI=1S/C13H23NO/c1-10(15)13-12-8-6-4-3-5-7-11(12)9-14(13)2/h11-13H,3-9H2,1-2H3. The first-order chi connectivity index (χ1) is 7.20. The van der Waals surface area contributed by atoms with Gasteiger partial charge in [0, 0.05) is 6.54 Å². The molecule has 2 aliphatic rings. The van der Waals surface area contributed by atoms with E-state index in [0.717, 1.165) is 12.5 Å². The third-order valence-corrected chi connectivity index (χ3v) is 4.29. The summed E-state index contributed by atoms with van der Waals surface area (Å²) in [4.78, 5) is 14.0. The highest BCUT2D eigenvalue weighted by Gasteiger charge is 2.41. The first-order valence-corrected chi connectivity index (χ1v) is 6.41. The van der Waals surface area contributed by atoms with E-state index in [9.17, 15) is 4.79 Å². The average Bonchev–Trinajstić information content (AvgIpc) is 2.42. The van der Waals surface area contributed by atoms with Crippen LogP contribution in [0.1, 0.15) is 45.4 Å². The van der Waals surface area contributed by atoms with Crippen LogP contribution in [-0.4, -0.2) is 30.3 Å². The SMILES string of the molecule is CC(=O)C1C2CCCCCCC2CN1C. The number of nitrogens with zero attached hydrogens (tertiary/aromatic N) is 1. The second-order valence-electron chi connectivity index (χ2n) is 5.41. The van der Waals surface area contributed by atoms with Crippen molar-refractivity contribution in [1.29, 1.82) is 0 Å². The quantitative estimate of drug-likeness (QED) is 0.661. The van der Waals surface area contributed by atoms with Gasteiger partial charge >= 0.3 is 0 Å². The molecule has 15 heavy (non-hydrogen) atoms. The van der Waals surface area contributed by atoms with Gasteiger partial charge in [-0.3, -0.25) is 9.69 Å². The third-order valence-electron chi connectivity index (χ3n) is 4.29. The fraction of sp³-hybridized carbons (Fsp3) is 0.923. The highest BCUT2D eigenvalue weighted by molar-refractivity contribution is 5.82. The van der Waals surface area contributed by atoms with Gasteiger partial charge in [-0.25, -0.2) is 0 Å². The van der Waals surface area contributed by atoms with E-state index in [0.29, 0.717) is 11.7 Å². The van der Waals surface area contributed by atoms with Gasteiger partial charge in [-0.1, -0.05) is 25.7 Å². The van der Waals surface area contributed by atoms with Gasteiger partial charge in [-0.15, -0.1) is 0 Å². The van der Waals surface area contributed by atoms with Crippen molar-refractivity contribution in [3.63, 3.8) is 0 Å². The summed E-state index contributed by atoms with van der Waals surface area (Å²) < 4.78 is 0. The summed E-state index contributed by atoms with van der Waals surface area (Å²) in [5.41, 5.74) is 0. The molecule has 0 amide bonds. The Bertz CT molecular complexity index is 239. The molecular formula is C13H23NO. The second kappa shape index (κ2) is 4.65. The van der Waals surface area contributed by atoms with E-state index >= 15 is 0 Å². The topological polar surface area (TPSA) is 20.3 Å². The molecule has 2 fully saturated rings. The van der Waals surface area contributed by atoms with Gasteiger partial charge in [0.05, 0.1) is 6.04 Å². The monoisotopic (exact) mass is 209 g/mol. The Balaban J connectivity index is 2.09. The maximum absolute atomic E-state index is 11.7. The molecule has 0 N–H and O–H groups in total. The summed E-state index contributed by atoms with van der Waals surface area (Å²) in [5, 5.41) is 0. The molecule has 2 nitrogen and oxygen atoms in total. The van der Waals surface area contributed by atoms with E-state index in [2.05, 4.69) is 11.9 Å². The third kappa shape index (κ3) is 2.25. The molecule has 1 heterocycles. The molecule has 86 valence electrons. The molecule has 0 aromatic carbocycles. The van der Waals surface area contributed by atoms with Crippen LogP contribution < -0.4 is 0 Å². The lowest BCUT2D eigenvalue weighted by molar-refractivity contribution is -0.122. The molecule has 0 radical (unpaired) electrons. The maximum atomic E-state index is 11.7. The number of carbonyl (C=O) groups is 1. The number of fused-ring (bicyclic) bond motifs is 1. The molecule has 0 aromatic rings. The fourth-order valence-corrected chi connectivity index (χ4v) is 3.65. The minimum Gasteiger partial charge on any atom is -0.298 e. The molecule has 2 rings (SSSR count). The fourth-order valence-electron chi connectivity index (χ4n) is 3.65. The summed E-state index contributed by atoms with van der Waals surface area (Å²) in [6.07, 6.45) is 8.10. The summed E-state index contributed by atoms with van der Waals surface area (Å²) in [7, 11) is 2.12. The number of ketones is 1. The van der Waals surface area contributed by atoms with Gasteiger partial charge < -0.3 is 0 Å². The molecule has 1 aliphatic carbocycles. The van der Waals surface area contributed by atoms with Gasteiger partial charge in [0.15, 0.2) is 0 Å². The minimum absolute atomic E-state index is 0.230. The molecule has 3 atom stereocenters. The van der Waals surface area contributed by atoms with E-state index < -0.39 is 0 Å². The van der Waals surface area contributed by atoms with Crippen LogP contribution in [0.3, 0.4) is 0 Å². The van der Waals surface area contributed by atoms with E-state index in [1.165, 1.54) is 38.5 Å². The number of Topliss-reactive ketones (excluding diaryl/α,β-unsaturated/α-hetero) is 1. The number of hydrogen-bond donors (Lipinski definition) is 0. The normalized spacial score (nSPS) is 38.1. The Morgan fingerprint density at radius 2 is 1.80 bits per heavy atom. The highest BCUT2D eigenvalue weighted by Crippen LogP contribution is 2.38. The highest BCUT2D eigenvalue weighted by atomic mass is 16.1. The van der Waals surface area contributed by atoms with Crippen molar-refractivity contribution >= 4 is 5.78 Å². The van der Waals surface area contributed by atoms with Crippen LogP contribution in [0.15, 0.2) is 0 Å². The first-order valence-electron chi connectivity index (χ1n) is 6.41. The van der Waals surface area contributed by atoms with Crippen LogP contribution >= 0.6 is 0 Å². The zero-order valence-electron chi connectivity index (χ0n) is 10.0. The van der Waals surface area contributed by atoms with Crippen LogP contribution in [0.5, 0.6) is 0 Å². The van der Waals surface area contributed by atoms with E-state index in [1.807, 2.05) is 0 Å². The Hall–Kier alpha value is -0.370. The van der Waals surface area contributed by atoms with Crippen LogP contribution in [0, 0.1) is 11.8 Å². The number of hydrogen-bond acceptors (Lipinski definition) is 2. The predicted molar refractivity (Wildman–Crippen MR) is 61.8 cm³/mol. The second-order valence-corrected chi connectivity index (χ2v) is 5.41. The lowest BCUT2D eigenvalue weighted by atomic mass is 9.80. The smallest absolute Gasteiger partial charge is 0.147 e. The van der Waals surface area contributed by atoms with Crippen molar-refractivity contribution in [3.8, 4) is 0 Å². The minimum atomic E-state index is 0.230. The number of carbonyl (C=O) groups excluding carboxylic acids is 1. The molecular weight excluding hydrogens is 186 g/mol. The summed E-state index contributed by atoms with van der Waals surface area (Å²) in [6.45, 7) is 2.91. The van der Waals surface area contributed by atoms with Crippen molar-refractivity contribution in [2.24, 2.45) is 11.8 Å². The lowest BCUT2D eigenvalue weighted by Crippen LogP contribution is -2.36. The molecule has 0 bridgehead atoms. The number of rotatable bonds is 1. The van der Waals surface area contributed by atoms with Gasteiger partial charge in [-0.2, -0.15) is 0 Å². The van der Waals surface area contributed by atoms with Crippen LogP contribution in [0.25, 0.3) is 0 Å². The molecule has 0 aromatic heterocycles. The van der Waals surface area contributed by atoms with E-state index in [-0.39, 0.29) is 6.04 Å². The summed E-state index contributed by atoms with van der Waals surface area (Å²) >= 11 is 0. The summed E-state index contributed by atoms with van der Waals surface area (Å²) in [6, 6.07) is 0.230. The number of likely N-dealkylation sites (tertiary alicyclic amines) is 1. The Morgan fingerprint density at radius 3 is 2.47 bits per heavy atom. The van der Waals surface area contributed by atoms with Crippen molar-refractivity contribution in [2.75, 3.05) is 13.6 Å². The van der Waals surface area contributed by atoms with Crippen LogP contribution in [0.2, 0.25) is 0 Å². The average molecular weight is 209 g/mol. The van der Waals surface area contributed by atoms with Crippen molar-refractivity contribution in [1.82, 2.24) is 4.90 Å². The Kier molecular flexibility index (Phi) is 3.45. The van der Waals surface area contributed by atoms with Crippen molar-refractivity contribution < 1.29 is 4.79 Å². The Morgan fingerprint density at radius 1 is 1.13 bits per heavy atom. The zero-order chi connectivity index (χ0) is 10.8. The van der Waals surface area contributed by atoms with Crippen LogP contribution in [-0.2, 0) is 4.79 Å². The Labute approximate surface area is 93.0 Å². The predicted octanol–water partition coefficient (Wildman–Crippen LogP) is 2.48.